The summed E-state index contributed by atoms with van der Waals surface area (Å²) < 4.78 is 5.70. The fraction of sp³-hybridized carbons (Fsp3) is 0.333. The van der Waals surface area contributed by atoms with Gasteiger partial charge in [-0.25, -0.2) is 4.98 Å². The highest BCUT2D eigenvalue weighted by Gasteiger charge is 2.09. The molecule has 7 nitrogen and oxygen atoms in total. The normalized spacial score (nSPS) is 10.6. The third-order valence-corrected chi connectivity index (χ3v) is 3.42. The first-order valence-electron chi connectivity index (χ1n) is 8.11. The molecule has 0 spiro atoms. The fourth-order valence-corrected chi connectivity index (χ4v) is 2.08. The van der Waals surface area contributed by atoms with Gasteiger partial charge in [0.15, 0.2) is 0 Å². The Kier molecular flexibility index (Phi) is 6.05. The summed E-state index contributed by atoms with van der Waals surface area (Å²) in [5.74, 6) is 1.46. The molecule has 2 rings (SSSR count). The number of aryl methyl sites for hydroxylation is 1. The molecule has 0 fully saturated rings. The monoisotopic (exact) mass is 341 g/mol. The van der Waals surface area contributed by atoms with E-state index in [1.807, 2.05) is 0 Å². The quantitative estimate of drug-likeness (QED) is 0.528. The van der Waals surface area contributed by atoms with Crippen molar-refractivity contribution in [2.75, 3.05) is 5.32 Å². The van der Waals surface area contributed by atoms with Gasteiger partial charge in [0.05, 0.1) is 0 Å². The van der Waals surface area contributed by atoms with Crippen LogP contribution in [0.2, 0.25) is 0 Å². The summed E-state index contributed by atoms with van der Waals surface area (Å²) in [6.07, 6.45) is 1.24. The summed E-state index contributed by atoms with van der Waals surface area (Å²) in [5, 5.41) is 10.1. The van der Waals surface area contributed by atoms with Crippen LogP contribution in [0.3, 0.4) is 0 Å². The van der Waals surface area contributed by atoms with Crippen molar-refractivity contribution in [3.63, 3.8) is 0 Å². The topological polar surface area (TPSA) is 114 Å². The minimum Gasteiger partial charge on any atom is -0.439 e. The van der Waals surface area contributed by atoms with Gasteiger partial charge in [-0.2, -0.15) is 4.98 Å². The average molecular weight is 341 g/mol. The summed E-state index contributed by atoms with van der Waals surface area (Å²) in [4.78, 5) is 20.4. The van der Waals surface area contributed by atoms with E-state index in [9.17, 15) is 4.79 Å². The van der Waals surface area contributed by atoms with Crippen LogP contribution in [0.1, 0.15) is 37.9 Å². The van der Waals surface area contributed by atoms with Crippen LogP contribution in [0, 0.1) is 18.3 Å². The smallest absolute Gasteiger partial charge is 0.232 e. The number of hydrogen-bond acceptors (Lipinski definition) is 5. The predicted molar refractivity (Wildman–Crippen MR) is 97.0 cm³/mol. The number of nitrogen functional groups attached to an aromatic ring is 1. The summed E-state index contributed by atoms with van der Waals surface area (Å²) in [6.45, 7) is 5.94. The lowest BCUT2D eigenvalue weighted by Crippen LogP contribution is -2.15. The number of carbonyl (C=O) groups excluding carboxylic acids is 1. The Labute approximate surface area is 147 Å². The molecule has 1 amide bonds. The molecular weight excluding hydrogens is 318 g/mol. The molecule has 1 heterocycles. The summed E-state index contributed by atoms with van der Waals surface area (Å²) >= 11 is 0. The first-order chi connectivity index (χ1) is 11.8. The first kappa shape index (κ1) is 18.4. The lowest BCUT2D eigenvalue weighted by molar-refractivity contribution is -0.116. The number of amidine groups is 1. The van der Waals surface area contributed by atoms with E-state index in [2.05, 4.69) is 29.1 Å². The van der Waals surface area contributed by atoms with Gasteiger partial charge >= 0.3 is 0 Å². The number of ether oxygens (including phenoxy) is 1. The molecule has 0 aliphatic rings. The molecule has 0 aliphatic carbocycles. The number of anilines is 1. The molecule has 2 aromatic rings. The second-order valence-electron chi connectivity index (χ2n) is 6.19. The highest BCUT2D eigenvalue weighted by atomic mass is 16.5. The lowest BCUT2D eigenvalue weighted by Gasteiger charge is -2.09. The average Bonchev–Trinajstić information content (AvgIpc) is 2.53. The Morgan fingerprint density at radius 2 is 1.96 bits per heavy atom. The zero-order chi connectivity index (χ0) is 18.4. The molecule has 1 aromatic heterocycles. The third-order valence-electron chi connectivity index (χ3n) is 3.42. The van der Waals surface area contributed by atoms with Crippen LogP contribution >= 0.6 is 0 Å². The lowest BCUT2D eigenvalue weighted by atomic mass is 10.1. The highest BCUT2D eigenvalue weighted by molar-refractivity contribution is 5.95. The van der Waals surface area contributed by atoms with Crippen molar-refractivity contribution in [1.82, 2.24) is 9.97 Å². The van der Waals surface area contributed by atoms with Crippen molar-refractivity contribution in [3.8, 4) is 11.6 Å². The molecular formula is C18H23N5O2. The van der Waals surface area contributed by atoms with Crippen molar-refractivity contribution in [1.29, 1.82) is 5.41 Å². The van der Waals surface area contributed by atoms with Crippen molar-refractivity contribution < 1.29 is 9.53 Å². The van der Waals surface area contributed by atoms with Gasteiger partial charge in [0.2, 0.25) is 17.7 Å². The van der Waals surface area contributed by atoms with Crippen LogP contribution in [-0.4, -0.2) is 21.7 Å². The largest absolute Gasteiger partial charge is 0.439 e. The molecule has 0 aliphatic heterocycles. The minimum absolute atomic E-state index is 0.00386. The molecule has 4 N–H and O–H groups in total. The zero-order valence-electron chi connectivity index (χ0n) is 14.7. The Morgan fingerprint density at radius 3 is 2.56 bits per heavy atom. The van der Waals surface area contributed by atoms with Crippen LogP contribution in [0.5, 0.6) is 11.6 Å². The number of carbonyl (C=O) groups is 1. The van der Waals surface area contributed by atoms with E-state index in [1.165, 1.54) is 0 Å². The second-order valence-corrected chi connectivity index (χ2v) is 6.19. The zero-order valence-corrected chi connectivity index (χ0v) is 14.7. The second kappa shape index (κ2) is 8.23. The fourth-order valence-electron chi connectivity index (χ4n) is 2.08. The Morgan fingerprint density at radius 1 is 1.28 bits per heavy atom. The Bertz CT molecular complexity index is 757. The van der Waals surface area contributed by atoms with Gasteiger partial charge in [-0.15, -0.1) is 0 Å². The van der Waals surface area contributed by atoms with Gasteiger partial charge in [0, 0.05) is 23.7 Å². The van der Waals surface area contributed by atoms with E-state index >= 15 is 0 Å². The van der Waals surface area contributed by atoms with Crippen LogP contribution in [0.25, 0.3) is 0 Å². The van der Waals surface area contributed by atoms with Gasteiger partial charge in [-0.05, 0) is 43.5 Å². The molecule has 1 aromatic carbocycles. The standard InChI is InChI=1S/C18H23N5O2/c1-11(2)4-9-15(24)22-18-21-12(3)10-16(23-18)25-14-7-5-13(6-8-14)17(19)20/h5-8,10-11H,4,9H2,1-3H3,(H3,19,20)(H,21,22,23,24). The van der Waals surface area contributed by atoms with Crippen molar-refractivity contribution in [2.45, 2.75) is 33.6 Å². The third kappa shape index (κ3) is 5.87. The van der Waals surface area contributed by atoms with E-state index in [4.69, 9.17) is 15.9 Å². The molecule has 0 unspecified atom stereocenters. The van der Waals surface area contributed by atoms with Crippen molar-refractivity contribution >= 4 is 17.7 Å². The number of benzene rings is 1. The van der Waals surface area contributed by atoms with E-state index in [0.717, 1.165) is 6.42 Å². The number of aromatic nitrogens is 2. The van der Waals surface area contributed by atoms with Crippen LogP contribution < -0.4 is 15.8 Å². The number of nitrogens with one attached hydrogen (secondary N) is 2. The maximum atomic E-state index is 11.9. The van der Waals surface area contributed by atoms with Gasteiger partial charge in [-0.1, -0.05) is 13.8 Å². The molecule has 0 saturated heterocycles. The SMILES string of the molecule is Cc1cc(Oc2ccc(C(=N)N)cc2)nc(NC(=O)CCC(C)C)n1. The maximum Gasteiger partial charge on any atom is 0.232 e. The van der Waals surface area contributed by atoms with E-state index < -0.39 is 0 Å². The van der Waals surface area contributed by atoms with Gasteiger partial charge < -0.3 is 10.5 Å². The summed E-state index contributed by atoms with van der Waals surface area (Å²) in [7, 11) is 0. The van der Waals surface area contributed by atoms with Crippen molar-refractivity contribution in [3.05, 3.63) is 41.6 Å². The van der Waals surface area contributed by atoms with Crippen molar-refractivity contribution in [2.24, 2.45) is 11.7 Å². The van der Waals surface area contributed by atoms with Gasteiger partial charge in [-0.3, -0.25) is 15.5 Å². The van der Waals surface area contributed by atoms with Crippen LogP contribution in [0.4, 0.5) is 5.95 Å². The van der Waals surface area contributed by atoms with Gasteiger partial charge in [0.1, 0.15) is 11.6 Å². The first-order valence-corrected chi connectivity index (χ1v) is 8.11. The van der Waals surface area contributed by atoms with E-state index in [-0.39, 0.29) is 17.7 Å². The molecule has 7 heteroatoms. The van der Waals surface area contributed by atoms with Crippen LogP contribution in [0.15, 0.2) is 30.3 Å². The number of amides is 1. The Hall–Kier alpha value is -2.96. The number of hydrogen-bond donors (Lipinski definition) is 3. The summed E-state index contributed by atoms with van der Waals surface area (Å²) in [5.41, 5.74) is 6.73. The van der Waals surface area contributed by atoms with E-state index in [0.29, 0.717) is 35.2 Å². The molecule has 0 saturated carbocycles. The molecule has 25 heavy (non-hydrogen) atoms. The molecule has 0 atom stereocenters. The van der Waals surface area contributed by atoms with Crippen LogP contribution in [-0.2, 0) is 4.79 Å². The number of nitrogens with two attached hydrogens (primary N) is 1. The maximum absolute atomic E-state index is 11.9. The predicted octanol–water partition coefficient (Wildman–Crippen LogP) is 3.24. The molecule has 0 bridgehead atoms. The van der Waals surface area contributed by atoms with E-state index in [1.54, 1.807) is 37.3 Å². The minimum atomic E-state index is -0.115. The number of nitrogens with zero attached hydrogens (tertiary/aromatic N) is 2. The summed E-state index contributed by atoms with van der Waals surface area (Å²) in [6, 6.07) is 8.48. The highest BCUT2D eigenvalue weighted by Crippen LogP contribution is 2.21. The molecule has 132 valence electrons. The Balaban J connectivity index is 2.07. The van der Waals surface area contributed by atoms with Gasteiger partial charge in [0.25, 0.3) is 0 Å². The molecule has 0 radical (unpaired) electrons. The number of rotatable bonds is 7.